The molecule has 2 bridgehead atoms. The summed E-state index contributed by atoms with van der Waals surface area (Å²) in [5.74, 6) is 0.0270. The summed E-state index contributed by atoms with van der Waals surface area (Å²) in [7, 11) is 0. The number of benzene rings is 1. The monoisotopic (exact) mass is 353 g/mol. The number of hydrogen-bond donors (Lipinski definition) is 0. The summed E-state index contributed by atoms with van der Waals surface area (Å²) >= 11 is 0. The van der Waals surface area contributed by atoms with Crippen LogP contribution in [0.1, 0.15) is 41.7 Å². The average molecular weight is 353 g/mol. The van der Waals surface area contributed by atoms with Crippen LogP contribution in [0.5, 0.6) is 5.75 Å². The summed E-state index contributed by atoms with van der Waals surface area (Å²) in [6.45, 7) is 2.40. The van der Waals surface area contributed by atoms with E-state index in [9.17, 15) is 9.59 Å². The molecular weight excluding hydrogens is 330 g/mol. The number of pyridine rings is 1. The van der Waals surface area contributed by atoms with Crippen LogP contribution < -0.4 is 15.2 Å². The third-order valence-electron chi connectivity index (χ3n) is 4.98. The van der Waals surface area contributed by atoms with Crippen LogP contribution in [0.25, 0.3) is 0 Å². The van der Waals surface area contributed by atoms with Crippen molar-refractivity contribution in [3.05, 3.63) is 64.1 Å². The van der Waals surface area contributed by atoms with E-state index in [1.165, 1.54) is 6.07 Å². The van der Waals surface area contributed by atoms with Gasteiger partial charge in [0, 0.05) is 25.4 Å². The van der Waals surface area contributed by atoms with Gasteiger partial charge in [0.05, 0.1) is 0 Å². The maximum Gasteiger partial charge on any atom is 0.277 e. The predicted octanol–water partition coefficient (Wildman–Crippen LogP) is 2.35. The number of nitrogens with zero attached hydrogens (tertiary/aromatic N) is 3. The van der Waals surface area contributed by atoms with Gasteiger partial charge in [0.15, 0.2) is 11.4 Å². The highest BCUT2D eigenvalue weighted by atomic mass is 16.5. The first-order valence-corrected chi connectivity index (χ1v) is 9.21. The molecule has 1 fully saturated rings. The van der Waals surface area contributed by atoms with Crippen LogP contribution in [0.15, 0.2) is 47.4 Å². The van der Waals surface area contributed by atoms with E-state index in [0.29, 0.717) is 12.4 Å². The number of rotatable bonds is 3. The fraction of sp³-hybridized carbons (Fsp3) is 0.400. The number of aromatic nitrogens is 1. The molecular formula is C20H23N3O3. The lowest BCUT2D eigenvalue weighted by atomic mass is 10.2. The molecule has 0 N–H and O–H groups in total. The van der Waals surface area contributed by atoms with E-state index in [4.69, 9.17) is 4.74 Å². The fourth-order valence-electron chi connectivity index (χ4n) is 3.59. The third-order valence-corrected chi connectivity index (χ3v) is 4.98. The van der Waals surface area contributed by atoms with E-state index >= 15 is 0 Å². The highest BCUT2D eigenvalue weighted by Gasteiger charge is 2.32. The number of fused-ring (bicyclic) bond motifs is 4. The Balaban J connectivity index is 1.71. The molecule has 1 amide bonds. The minimum Gasteiger partial charge on any atom is -0.482 e. The Morgan fingerprint density at radius 2 is 1.69 bits per heavy atom. The lowest BCUT2D eigenvalue weighted by Gasteiger charge is -2.39. The normalized spacial score (nSPS) is 17.2. The van der Waals surface area contributed by atoms with Gasteiger partial charge in [0.1, 0.15) is 13.3 Å². The number of amides is 1. The van der Waals surface area contributed by atoms with Crippen molar-refractivity contribution in [3.8, 4) is 5.75 Å². The van der Waals surface area contributed by atoms with Gasteiger partial charge in [-0.05, 0) is 18.4 Å². The van der Waals surface area contributed by atoms with Gasteiger partial charge in [0.25, 0.3) is 5.91 Å². The molecule has 2 aliphatic rings. The highest BCUT2D eigenvalue weighted by Crippen LogP contribution is 2.23. The van der Waals surface area contributed by atoms with Crippen LogP contribution >= 0.6 is 0 Å². The second-order valence-electron chi connectivity index (χ2n) is 6.83. The zero-order chi connectivity index (χ0) is 17.9. The number of carbonyl (C=O) groups is 1. The Morgan fingerprint density at radius 1 is 0.923 bits per heavy atom. The molecule has 4 rings (SSSR count). The van der Waals surface area contributed by atoms with E-state index < -0.39 is 0 Å². The van der Waals surface area contributed by atoms with Crippen LogP contribution in [0.3, 0.4) is 0 Å². The van der Waals surface area contributed by atoms with Crippen LogP contribution in [-0.4, -0.2) is 35.2 Å². The highest BCUT2D eigenvalue weighted by molar-refractivity contribution is 5.96. The Morgan fingerprint density at radius 3 is 2.50 bits per heavy atom. The molecule has 1 saturated heterocycles. The Hall–Kier alpha value is -2.76. The number of hydrogen-bond acceptors (Lipinski definition) is 4. The molecule has 0 spiro atoms. The van der Waals surface area contributed by atoms with Crippen molar-refractivity contribution in [2.75, 3.05) is 24.8 Å². The van der Waals surface area contributed by atoms with Gasteiger partial charge < -0.3 is 9.64 Å². The van der Waals surface area contributed by atoms with Gasteiger partial charge in [-0.1, -0.05) is 43.2 Å². The van der Waals surface area contributed by atoms with Crippen LogP contribution in [0.2, 0.25) is 0 Å². The Labute approximate surface area is 152 Å². The summed E-state index contributed by atoms with van der Waals surface area (Å²) in [5, 5.41) is 2.12. The minimum absolute atomic E-state index is 0.121. The Bertz CT molecular complexity index is 847. The first-order valence-electron chi connectivity index (χ1n) is 9.21. The van der Waals surface area contributed by atoms with Gasteiger partial charge in [-0.2, -0.15) is 0 Å². The summed E-state index contributed by atoms with van der Waals surface area (Å²) in [4.78, 5) is 27.3. The van der Waals surface area contributed by atoms with Crippen molar-refractivity contribution in [3.63, 3.8) is 0 Å². The third kappa shape index (κ3) is 3.19. The van der Waals surface area contributed by atoms with E-state index in [0.717, 1.165) is 44.3 Å². The summed E-state index contributed by atoms with van der Waals surface area (Å²) in [6, 6.07) is 11.2. The van der Waals surface area contributed by atoms with Crippen LogP contribution in [-0.2, 0) is 6.61 Å². The van der Waals surface area contributed by atoms with Crippen LogP contribution in [0.4, 0.5) is 0 Å². The summed E-state index contributed by atoms with van der Waals surface area (Å²) < 4.78 is 7.66. The molecule has 1 aromatic heterocycles. The van der Waals surface area contributed by atoms with Crippen molar-refractivity contribution < 1.29 is 9.53 Å². The maximum atomic E-state index is 13.0. The van der Waals surface area contributed by atoms with E-state index in [2.05, 4.69) is 5.01 Å². The number of carbonyl (C=O) groups excluding carboxylic acids is 1. The predicted molar refractivity (Wildman–Crippen MR) is 98.9 cm³/mol. The quantitative estimate of drug-likeness (QED) is 0.850. The molecule has 136 valence electrons. The molecule has 6 heteroatoms. The molecule has 2 aliphatic heterocycles. The average Bonchev–Trinajstić information content (AvgIpc) is 2.77. The standard InChI is InChI=1S/C20H23N3O3/c24-17-10-13-23-18(19(17)26-14-16-8-4-3-5-9-16)20(25)21-11-6-1-2-7-12-22(23)15-21/h3-5,8-10,13H,1-2,6-7,11-12,14-15H2. The van der Waals surface area contributed by atoms with Crippen molar-refractivity contribution in [2.45, 2.75) is 32.3 Å². The molecule has 6 nitrogen and oxygen atoms in total. The SMILES string of the molecule is O=C1c2c(OCc3ccccc3)c(=O)ccn2N2CCCCCCN1C2. The second-order valence-corrected chi connectivity index (χ2v) is 6.83. The molecule has 2 aromatic rings. The minimum atomic E-state index is -0.253. The second kappa shape index (κ2) is 7.23. The molecule has 0 saturated carbocycles. The van der Waals surface area contributed by atoms with Crippen molar-refractivity contribution >= 4 is 5.91 Å². The van der Waals surface area contributed by atoms with Crippen molar-refractivity contribution in [1.29, 1.82) is 0 Å². The fourth-order valence-corrected chi connectivity index (χ4v) is 3.59. The largest absolute Gasteiger partial charge is 0.482 e. The molecule has 0 radical (unpaired) electrons. The lowest BCUT2D eigenvalue weighted by Crippen LogP contribution is -2.54. The molecule has 26 heavy (non-hydrogen) atoms. The van der Waals surface area contributed by atoms with Gasteiger partial charge in [-0.25, -0.2) is 0 Å². The van der Waals surface area contributed by atoms with Crippen molar-refractivity contribution in [1.82, 2.24) is 9.58 Å². The molecule has 1 aromatic carbocycles. The summed E-state index contributed by atoms with van der Waals surface area (Å²) in [5.41, 5.74) is 1.06. The first kappa shape index (κ1) is 16.7. The van der Waals surface area contributed by atoms with Crippen LogP contribution in [0, 0.1) is 0 Å². The topological polar surface area (TPSA) is 54.8 Å². The zero-order valence-corrected chi connectivity index (χ0v) is 14.8. The van der Waals surface area contributed by atoms with E-state index in [1.54, 1.807) is 6.20 Å². The molecule has 0 atom stereocenters. The molecule has 3 heterocycles. The van der Waals surface area contributed by atoms with Gasteiger partial charge >= 0.3 is 0 Å². The number of ether oxygens (including phenoxy) is 1. The Kier molecular flexibility index (Phi) is 4.65. The maximum absolute atomic E-state index is 13.0. The zero-order valence-electron chi connectivity index (χ0n) is 14.8. The van der Waals surface area contributed by atoms with Crippen molar-refractivity contribution in [2.24, 2.45) is 0 Å². The first-order chi connectivity index (χ1) is 12.7. The molecule has 0 unspecified atom stereocenters. The van der Waals surface area contributed by atoms with Gasteiger partial charge in [-0.15, -0.1) is 0 Å². The summed E-state index contributed by atoms with van der Waals surface area (Å²) in [6.07, 6.45) is 6.05. The van der Waals surface area contributed by atoms with Gasteiger partial charge in [-0.3, -0.25) is 19.3 Å². The van der Waals surface area contributed by atoms with E-state index in [-0.39, 0.29) is 23.7 Å². The lowest BCUT2D eigenvalue weighted by molar-refractivity contribution is 0.0685. The molecule has 0 aliphatic carbocycles. The van der Waals surface area contributed by atoms with E-state index in [1.807, 2.05) is 39.9 Å². The van der Waals surface area contributed by atoms with Gasteiger partial charge in [0.2, 0.25) is 5.43 Å². The smallest absolute Gasteiger partial charge is 0.277 e.